The number of hydrogen-bond donors (Lipinski definition) is 0. The number of benzene rings is 2. The first-order valence-electron chi connectivity index (χ1n) is 5.32. The van der Waals surface area contributed by atoms with Crippen molar-refractivity contribution < 1.29 is 0 Å². The van der Waals surface area contributed by atoms with Crippen LogP contribution in [0.3, 0.4) is 0 Å². The van der Waals surface area contributed by atoms with Crippen molar-refractivity contribution in [3.8, 4) is 11.1 Å². The Balaban J connectivity index is 2.17. The summed E-state index contributed by atoms with van der Waals surface area (Å²) in [6.07, 6.45) is 5.41. The van der Waals surface area contributed by atoms with E-state index in [9.17, 15) is 0 Å². The van der Waals surface area contributed by atoms with Crippen molar-refractivity contribution >= 4 is 0 Å². The fourth-order valence-corrected chi connectivity index (χ4v) is 2.22. The Morgan fingerprint density at radius 3 is 2.53 bits per heavy atom. The highest BCUT2D eigenvalue weighted by Crippen LogP contribution is 2.31. The van der Waals surface area contributed by atoms with E-state index in [0.717, 1.165) is 12.8 Å². The van der Waals surface area contributed by atoms with Gasteiger partial charge in [-0.1, -0.05) is 48.5 Å². The van der Waals surface area contributed by atoms with E-state index in [4.69, 9.17) is 0 Å². The molecule has 0 bridgehead atoms. The van der Waals surface area contributed by atoms with Gasteiger partial charge in [-0.15, -0.1) is 0 Å². The summed E-state index contributed by atoms with van der Waals surface area (Å²) in [6, 6.07) is 17.2. The normalized spacial score (nSPS) is 13.9. The van der Waals surface area contributed by atoms with Crippen LogP contribution in [0.5, 0.6) is 0 Å². The molecule has 0 saturated heterocycles. The Kier molecular flexibility index (Phi) is 2.06. The fourth-order valence-electron chi connectivity index (χ4n) is 2.22. The van der Waals surface area contributed by atoms with Gasteiger partial charge in [-0.05, 0) is 41.5 Å². The number of fused-ring (bicyclic) bond motifs is 1. The van der Waals surface area contributed by atoms with Gasteiger partial charge in [-0.2, -0.15) is 0 Å². The van der Waals surface area contributed by atoms with Crippen LogP contribution < -0.4 is 0 Å². The maximum Gasteiger partial charge on any atom is -0.00791 e. The van der Waals surface area contributed by atoms with Crippen LogP contribution in [0, 0.1) is 6.42 Å². The summed E-state index contributed by atoms with van der Waals surface area (Å²) in [5, 5.41) is 0. The van der Waals surface area contributed by atoms with Gasteiger partial charge in [0.05, 0.1) is 0 Å². The van der Waals surface area contributed by atoms with Gasteiger partial charge in [0.1, 0.15) is 0 Å². The lowest BCUT2D eigenvalue weighted by Crippen LogP contribution is -1.87. The lowest BCUT2D eigenvalue weighted by Gasteiger charge is -2.07. The first-order valence-corrected chi connectivity index (χ1v) is 5.32. The molecule has 0 N–H and O–H groups in total. The molecular formula is C15H12. The summed E-state index contributed by atoms with van der Waals surface area (Å²) < 4.78 is 0. The summed E-state index contributed by atoms with van der Waals surface area (Å²) >= 11 is 0. The zero-order valence-electron chi connectivity index (χ0n) is 8.53. The fraction of sp³-hybridized carbons (Fsp3) is 0.133. The zero-order chi connectivity index (χ0) is 10.1. The maximum absolute atomic E-state index is 3.40. The van der Waals surface area contributed by atoms with E-state index in [1.165, 1.54) is 22.3 Å². The van der Waals surface area contributed by atoms with Crippen LogP contribution in [0.15, 0.2) is 48.5 Å². The zero-order valence-corrected chi connectivity index (χ0v) is 8.53. The Morgan fingerprint density at radius 1 is 0.800 bits per heavy atom. The van der Waals surface area contributed by atoms with Gasteiger partial charge >= 0.3 is 0 Å². The summed E-state index contributed by atoms with van der Waals surface area (Å²) in [4.78, 5) is 0. The molecule has 0 aliphatic heterocycles. The van der Waals surface area contributed by atoms with Gasteiger partial charge in [0.2, 0.25) is 0 Å². The van der Waals surface area contributed by atoms with Crippen molar-refractivity contribution in [3.63, 3.8) is 0 Å². The predicted octanol–water partition coefficient (Wildman–Crippen LogP) is 3.53. The van der Waals surface area contributed by atoms with Crippen molar-refractivity contribution in [1.82, 2.24) is 0 Å². The Labute approximate surface area is 90.6 Å². The lowest BCUT2D eigenvalue weighted by molar-refractivity contribution is 1.17. The standard InChI is InChI=1S/C15H12/c1-2-6-12(7-3-1)14-10-4-8-13-9-5-11-15(13)14/h1-4,6-8,10H,9,11H2. The second kappa shape index (κ2) is 3.54. The van der Waals surface area contributed by atoms with E-state index in [-0.39, 0.29) is 0 Å². The minimum absolute atomic E-state index is 1.00. The van der Waals surface area contributed by atoms with E-state index in [0.29, 0.717) is 0 Å². The van der Waals surface area contributed by atoms with Crippen molar-refractivity contribution in [2.45, 2.75) is 12.8 Å². The highest BCUT2D eigenvalue weighted by atomic mass is 14.2. The third kappa shape index (κ3) is 1.46. The molecule has 0 amide bonds. The minimum atomic E-state index is 1.00. The smallest absolute Gasteiger partial charge is 0.00791 e. The Morgan fingerprint density at radius 2 is 1.67 bits per heavy atom. The predicted molar refractivity (Wildman–Crippen MR) is 62.5 cm³/mol. The molecule has 0 atom stereocenters. The molecule has 2 aromatic rings. The van der Waals surface area contributed by atoms with E-state index < -0.39 is 0 Å². The van der Waals surface area contributed by atoms with Crippen molar-refractivity contribution in [1.29, 1.82) is 0 Å². The first-order chi connectivity index (χ1) is 7.45. The van der Waals surface area contributed by atoms with E-state index >= 15 is 0 Å². The molecule has 15 heavy (non-hydrogen) atoms. The molecule has 1 aliphatic rings. The lowest BCUT2D eigenvalue weighted by atomic mass is 9.97. The number of rotatable bonds is 1. The molecule has 0 aromatic heterocycles. The average Bonchev–Trinajstić information content (AvgIpc) is 2.78. The third-order valence-electron chi connectivity index (χ3n) is 2.98. The van der Waals surface area contributed by atoms with Gasteiger partial charge in [-0.25, -0.2) is 0 Å². The quantitative estimate of drug-likeness (QED) is 0.648. The Hall–Kier alpha value is -1.56. The van der Waals surface area contributed by atoms with E-state index in [1.54, 1.807) is 0 Å². The molecule has 0 spiro atoms. The van der Waals surface area contributed by atoms with Crippen LogP contribution in [0.25, 0.3) is 11.1 Å². The summed E-state index contributed by atoms with van der Waals surface area (Å²) in [6.45, 7) is 0. The highest BCUT2D eigenvalue weighted by Gasteiger charge is 2.15. The van der Waals surface area contributed by atoms with Crippen LogP contribution in [-0.4, -0.2) is 0 Å². The number of hydrogen-bond acceptors (Lipinski definition) is 0. The molecule has 0 heterocycles. The van der Waals surface area contributed by atoms with E-state index in [1.807, 2.05) is 0 Å². The molecule has 0 heteroatoms. The first kappa shape index (κ1) is 8.72. The Bertz CT molecular complexity index is 469. The largest absolute Gasteiger partial charge is 0.0622 e. The highest BCUT2D eigenvalue weighted by molar-refractivity contribution is 5.70. The van der Waals surface area contributed by atoms with Gasteiger partial charge in [-0.3, -0.25) is 0 Å². The van der Waals surface area contributed by atoms with Gasteiger partial charge < -0.3 is 0 Å². The molecule has 0 unspecified atom stereocenters. The molecule has 2 radical (unpaired) electrons. The molecule has 0 nitrogen and oxygen atoms in total. The van der Waals surface area contributed by atoms with Gasteiger partial charge in [0, 0.05) is 0 Å². The summed E-state index contributed by atoms with van der Waals surface area (Å²) in [7, 11) is 0. The summed E-state index contributed by atoms with van der Waals surface area (Å²) in [5.74, 6) is 0. The second-order valence-electron chi connectivity index (χ2n) is 3.91. The van der Waals surface area contributed by atoms with Crippen LogP contribution >= 0.6 is 0 Å². The SMILES string of the molecule is [C]1Cc2cccc(-c3ccccc3)c2C1. The van der Waals surface area contributed by atoms with E-state index in [2.05, 4.69) is 55.0 Å². The van der Waals surface area contributed by atoms with Gasteiger partial charge in [0.15, 0.2) is 0 Å². The van der Waals surface area contributed by atoms with Crippen LogP contribution in [0.4, 0.5) is 0 Å². The molecule has 0 fully saturated rings. The van der Waals surface area contributed by atoms with Crippen LogP contribution in [0.2, 0.25) is 0 Å². The minimum Gasteiger partial charge on any atom is -0.0622 e. The molecular weight excluding hydrogens is 180 g/mol. The van der Waals surface area contributed by atoms with Crippen LogP contribution in [0.1, 0.15) is 11.1 Å². The molecule has 2 aromatic carbocycles. The van der Waals surface area contributed by atoms with Crippen molar-refractivity contribution in [2.75, 3.05) is 0 Å². The second-order valence-corrected chi connectivity index (χ2v) is 3.91. The topological polar surface area (TPSA) is 0 Å². The monoisotopic (exact) mass is 192 g/mol. The maximum atomic E-state index is 3.40. The summed E-state index contributed by atoms with van der Waals surface area (Å²) in [5.41, 5.74) is 5.59. The molecule has 3 rings (SSSR count). The molecule has 1 aliphatic carbocycles. The van der Waals surface area contributed by atoms with Crippen molar-refractivity contribution in [3.05, 3.63) is 66.1 Å². The van der Waals surface area contributed by atoms with Crippen LogP contribution in [-0.2, 0) is 12.8 Å². The third-order valence-corrected chi connectivity index (χ3v) is 2.98. The van der Waals surface area contributed by atoms with Gasteiger partial charge in [0.25, 0.3) is 0 Å². The molecule has 0 saturated carbocycles. The average molecular weight is 192 g/mol. The van der Waals surface area contributed by atoms with Crippen molar-refractivity contribution in [2.24, 2.45) is 0 Å². The molecule has 72 valence electrons.